The Bertz CT molecular complexity index is 762. The van der Waals surface area contributed by atoms with Gasteiger partial charge in [-0.3, -0.25) is 4.79 Å². The van der Waals surface area contributed by atoms with Crippen LogP contribution in [0.4, 0.5) is 0 Å². The number of amides is 1. The Morgan fingerprint density at radius 2 is 0.596 bits per heavy atom. The van der Waals surface area contributed by atoms with Crippen molar-refractivity contribution in [1.82, 2.24) is 5.32 Å². The molecule has 5 heteroatoms. The lowest BCUT2D eigenvalue weighted by atomic mass is 9.99. The fourth-order valence-corrected chi connectivity index (χ4v) is 8.64. The van der Waals surface area contributed by atoms with Crippen LogP contribution in [0.15, 0.2) is 0 Å². The summed E-state index contributed by atoms with van der Waals surface area (Å²) in [6, 6.07) is -0.803. The van der Waals surface area contributed by atoms with E-state index in [1.165, 1.54) is 244 Å². The number of hydrogen-bond acceptors (Lipinski definition) is 4. The fraction of sp³-hybridized carbons (Fsp3) is 0.981. The molecule has 4 N–H and O–H groups in total. The molecule has 0 fully saturated rings. The number of hydrogen-bond donors (Lipinski definition) is 4. The molecule has 0 saturated heterocycles. The van der Waals surface area contributed by atoms with Crippen molar-refractivity contribution in [3.05, 3.63) is 0 Å². The van der Waals surface area contributed by atoms with Gasteiger partial charge < -0.3 is 20.6 Å². The molecule has 1 amide bonds. The van der Waals surface area contributed by atoms with E-state index in [9.17, 15) is 20.1 Å². The summed E-state index contributed by atoms with van der Waals surface area (Å²) in [5.74, 6) is -0.137. The normalized spacial score (nSPS) is 13.3. The maximum Gasteiger partial charge on any atom is 0.220 e. The van der Waals surface area contributed by atoms with E-state index in [1.807, 2.05) is 0 Å². The second kappa shape index (κ2) is 48.0. The van der Waals surface area contributed by atoms with E-state index in [0.29, 0.717) is 12.8 Å². The Kier molecular flexibility index (Phi) is 47.5. The standard InChI is InChI=1S/C52H105NO4/c1-3-5-7-9-11-13-15-17-19-20-21-22-23-24-25-26-27-28-29-30-31-32-33-35-37-39-41-43-45-47-51(56)53-49(48-54)52(57)50(55)46-44-42-40-38-36-34-18-16-14-12-10-8-6-4-2/h49-50,52,54-55,57H,3-48H2,1-2H3,(H,53,56)/t49-,50+,52-/m0/s1. The highest BCUT2D eigenvalue weighted by atomic mass is 16.3. The molecule has 0 aromatic carbocycles. The summed E-state index contributed by atoms with van der Waals surface area (Å²) in [5.41, 5.74) is 0. The van der Waals surface area contributed by atoms with E-state index in [0.717, 1.165) is 32.1 Å². The van der Waals surface area contributed by atoms with Crippen LogP contribution in [0.1, 0.15) is 303 Å². The molecule has 0 aromatic rings. The molecule has 0 unspecified atom stereocenters. The summed E-state index contributed by atoms with van der Waals surface area (Å²) in [5, 5.41) is 33.6. The Labute approximate surface area is 357 Å². The van der Waals surface area contributed by atoms with Gasteiger partial charge in [0.25, 0.3) is 0 Å². The average molecular weight is 808 g/mol. The maximum absolute atomic E-state index is 12.5. The van der Waals surface area contributed by atoms with Gasteiger partial charge in [-0.2, -0.15) is 0 Å². The van der Waals surface area contributed by atoms with Crippen LogP contribution in [-0.4, -0.2) is 46.1 Å². The molecule has 0 aromatic heterocycles. The Balaban J connectivity index is 3.46. The first-order chi connectivity index (χ1) is 28.1. The molecule has 57 heavy (non-hydrogen) atoms. The topological polar surface area (TPSA) is 89.8 Å². The zero-order chi connectivity index (χ0) is 41.5. The summed E-state index contributed by atoms with van der Waals surface area (Å²) in [6.45, 7) is 4.21. The number of rotatable bonds is 49. The van der Waals surface area contributed by atoms with Crippen molar-refractivity contribution in [2.45, 2.75) is 321 Å². The third-order valence-electron chi connectivity index (χ3n) is 12.7. The third kappa shape index (κ3) is 43.3. The minimum absolute atomic E-state index is 0.137. The Morgan fingerprint density at radius 1 is 0.368 bits per heavy atom. The Hall–Kier alpha value is -0.650. The number of aliphatic hydroxyl groups is 3. The van der Waals surface area contributed by atoms with E-state index in [4.69, 9.17) is 0 Å². The molecule has 3 atom stereocenters. The van der Waals surface area contributed by atoms with Gasteiger partial charge in [-0.15, -0.1) is 0 Å². The number of carbonyl (C=O) groups excluding carboxylic acids is 1. The molecule has 0 aliphatic heterocycles. The van der Waals surface area contributed by atoms with Crippen LogP contribution < -0.4 is 5.32 Å². The zero-order valence-electron chi connectivity index (χ0n) is 39.0. The summed E-state index contributed by atoms with van der Waals surface area (Å²) >= 11 is 0. The molecular formula is C52H105NO4. The van der Waals surface area contributed by atoms with E-state index >= 15 is 0 Å². The number of unbranched alkanes of at least 4 members (excludes halogenated alkanes) is 41. The predicted octanol–water partition coefficient (Wildman–Crippen LogP) is 15.8. The van der Waals surface area contributed by atoms with Gasteiger partial charge in [-0.05, 0) is 12.8 Å². The van der Waals surface area contributed by atoms with Crippen molar-refractivity contribution in [2.75, 3.05) is 6.61 Å². The van der Waals surface area contributed by atoms with Crippen LogP contribution in [0.5, 0.6) is 0 Å². The molecule has 5 nitrogen and oxygen atoms in total. The molecule has 0 saturated carbocycles. The smallest absolute Gasteiger partial charge is 0.220 e. The zero-order valence-corrected chi connectivity index (χ0v) is 39.0. The van der Waals surface area contributed by atoms with Gasteiger partial charge in [0.1, 0.15) is 6.10 Å². The predicted molar refractivity (Wildman–Crippen MR) is 250 cm³/mol. The van der Waals surface area contributed by atoms with E-state index in [-0.39, 0.29) is 12.5 Å². The van der Waals surface area contributed by atoms with Crippen molar-refractivity contribution >= 4 is 5.91 Å². The van der Waals surface area contributed by atoms with Gasteiger partial charge in [-0.25, -0.2) is 0 Å². The van der Waals surface area contributed by atoms with Gasteiger partial charge in [0, 0.05) is 6.42 Å². The highest BCUT2D eigenvalue weighted by molar-refractivity contribution is 5.76. The molecule has 0 aliphatic carbocycles. The van der Waals surface area contributed by atoms with Crippen molar-refractivity contribution in [3.8, 4) is 0 Å². The molecule has 0 spiro atoms. The first-order valence-electron chi connectivity index (χ1n) is 26.3. The summed E-state index contributed by atoms with van der Waals surface area (Å²) in [6.07, 6.45) is 56.8. The van der Waals surface area contributed by atoms with Crippen molar-refractivity contribution < 1.29 is 20.1 Å². The maximum atomic E-state index is 12.5. The van der Waals surface area contributed by atoms with Crippen LogP contribution in [-0.2, 0) is 4.79 Å². The molecular weight excluding hydrogens is 703 g/mol. The van der Waals surface area contributed by atoms with Crippen LogP contribution in [0.3, 0.4) is 0 Å². The van der Waals surface area contributed by atoms with E-state index in [1.54, 1.807) is 0 Å². The van der Waals surface area contributed by atoms with E-state index in [2.05, 4.69) is 19.2 Å². The van der Waals surface area contributed by atoms with Crippen LogP contribution in [0.2, 0.25) is 0 Å². The number of carbonyl (C=O) groups is 1. The molecule has 0 bridgehead atoms. The average Bonchev–Trinajstić information content (AvgIpc) is 3.22. The largest absolute Gasteiger partial charge is 0.394 e. The third-order valence-corrected chi connectivity index (χ3v) is 12.7. The molecule has 0 heterocycles. The number of aliphatic hydroxyl groups excluding tert-OH is 3. The SMILES string of the molecule is CCCCCCCCCCCCCCCCCCCCCCCCCCCCCCCC(=O)N[C@@H](CO)[C@H](O)[C@H](O)CCCCCCCCCCCCCCCC. The molecule has 0 aliphatic rings. The lowest BCUT2D eigenvalue weighted by Crippen LogP contribution is -2.50. The van der Waals surface area contributed by atoms with Crippen molar-refractivity contribution in [1.29, 1.82) is 0 Å². The lowest BCUT2D eigenvalue weighted by Gasteiger charge is -2.26. The van der Waals surface area contributed by atoms with E-state index < -0.39 is 18.2 Å². The summed E-state index contributed by atoms with van der Waals surface area (Å²) in [4.78, 5) is 12.5. The molecule has 342 valence electrons. The highest BCUT2D eigenvalue weighted by Crippen LogP contribution is 2.18. The first kappa shape index (κ1) is 56.4. The lowest BCUT2D eigenvalue weighted by molar-refractivity contribution is -0.124. The quantitative estimate of drug-likeness (QED) is 0.0461. The Morgan fingerprint density at radius 3 is 0.842 bits per heavy atom. The monoisotopic (exact) mass is 808 g/mol. The first-order valence-corrected chi connectivity index (χ1v) is 26.3. The second-order valence-corrected chi connectivity index (χ2v) is 18.4. The van der Waals surface area contributed by atoms with Crippen molar-refractivity contribution in [3.63, 3.8) is 0 Å². The minimum Gasteiger partial charge on any atom is -0.394 e. The fourth-order valence-electron chi connectivity index (χ4n) is 8.64. The number of nitrogens with one attached hydrogen (secondary N) is 1. The van der Waals surface area contributed by atoms with Gasteiger partial charge in [0.2, 0.25) is 5.91 Å². The van der Waals surface area contributed by atoms with Crippen LogP contribution in [0, 0.1) is 0 Å². The second-order valence-electron chi connectivity index (χ2n) is 18.4. The van der Waals surface area contributed by atoms with Crippen molar-refractivity contribution in [2.24, 2.45) is 0 Å². The van der Waals surface area contributed by atoms with Crippen LogP contribution >= 0.6 is 0 Å². The van der Waals surface area contributed by atoms with Crippen LogP contribution in [0.25, 0.3) is 0 Å². The van der Waals surface area contributed by atoms with Gasteiger partial charge in [-0.1, -0.05) is 284 Å². The summed E-state index contributed by atoms with van der Waals surface area (Å²) < 4.78 is 0. The van der Waals surface area contributed by atoms with Gasteiger partial charge in [0.15, 0.2) is 0 Å². The van der Waals surface area contributed by atoms with Gasteiger partial charge >= 0.3 is 0 Å². The summed E-state index contributed by atoms with van der Waals surface area (Å²) in [7, 11) is 0. The van der Waals surface area contributed by atoms with Gasteiger partial charge in [0.05, 0.1) is 18.8 Å². The molecule has 0 rings (SSSR count). The minimum atomic E-state index is -1.13. The molecule has 0 radical (unpaired) electrons. The highest BCUT2D eigenvalue weighted by Gasteiger charge is 2.26.